The number of hydrogen-bond acceptors (Lipinski definition) is 2. The van der Waals surface area contributed by atoms with E-state index < -0.39 is 0 Å². The molecule has 2 bridgehead atoms. The summed E-state index contributed by atoms with van der Waals surface area (Å²) in [7, 11) is 0. The van der Waals surface area contributed by atoms with Gasteiger partial charge in [0, 0.05) is 25.2 Å². The normalized spacial score (nSPS) is 52.9. The summed E-state index contributed by atoms with van der Waals surface area (Å²) in [6, 6.07) is 1.56. The Morgan fingerprint density at radius 1 is 1.12 bits per heavy atom. The fraction of sp³-hybridized carbons (Fsp3) is 1.00. The summed E-state index contributed by atoms with van der Waals surface area (Å²) in [6.45, 7) is 4.69. The summed E-state index contributed by atoms with van der Waals surface area (Å²) in [5, 5.41) is 6.89. The molecule has 46 valence electrons. The molecule has 2 aliphatic heterocycles. The Bertz CT molecular complexity index is 82.7. The van der Waals surface area contributed by atoms with Crippen molar-refractivity contribution in [3.05, 3.63) is 0 Å². The quantitative estimate of drug-likeness (QED) is 0.444. The minimum atomic E-state index is 0.778. The zero-order chi connectivity index (χ0) is 5.56. The molecule has 2 atom stereocenters. The highest BCUT2D eigenvalue weighted by Gasteiger charge is 2.37. The van der Waals surface area contributed by atoms with Gasteiger partial charge in [-0.25, -0.2) is 0 Å². The van der Waals surface area contributed by atoms with Gasteiger partial charge in [0.05, 0.1) is 0 Å². The van der Waals surface area contributed by atoms with Crippen molar-refractivity contribution < 1.29 is 0 Å². The molecule has 2 N–H and O–H groups in total. The fourth-order valence-electron chi connectivity index (χ4n) is 1.73. The van der Waals surface area contributed by atoms with Crippen LogP contribution in [-0.4, -0.2) is 25.2 Å². The molecule has 0 aromatic heterocycles. The van der Waals surface area contributed by atoms with Crippen LogP contribution in [0.5, 0.6) is 0 Å². The first-order valence-corrected chi connectivity index (χ1v) is 3.34. The maximum absolute atomic E-state index is 3.44. The molecule has 0 amide bonds. The topological polar surface area (TPSA) is 24.1 Å². The highest BCUT2D eigenvalue weighted by atomic mass is 15.2. The van der Waals surface area contributed by atoms with E-state index in [9.17, 15) is 0 Å². The van der Waals surface area contributed by atoms with Crippen molar-refractivity contribution in [3.63, 3.8) is 0 Å². The number of nitrogens with one attached hydrogen (secondary N) is 2. The third kappa shape index (κ3) is 0.446. The molecule has 2 heteroatoms. The second-order valence-electron chi connectivity index (χ2n) is 2.89. The summed E-state index contributed by atoms with van der Waals surface area (Å²) in [4.78, 5) is 0. The van der Waals surface area contributed by atoms with Crippen molar-refractivity contribution in [2.45, 2.75) is 19.0 Å². The number of piperazine rings is 1. The summed E-state index contributed by atoms with van der Waals surface area (Å²) in [5.74, 6) is 0.870. The van der Waals surface area contributed by atoms with Gasteiger partial charge in [0.25, 0.3) is 0 Å². The molecule has 0 aromatic carbocycles. The van der Waals surface area contributed by atoms with Crippen LogP contribution in [0.1, 0.15) is 6.92 Å². The third-order valence-corrected chi connectivity index (χ3v) is 2.47. The monoisotopic (exact) mass is 112 g/mol. The molecular formula is C6H12N2. The zero-order valence-electron chi connectivity index (χ0n) is 5.15. The molecular weight excluding hydrogens is 100 g/mol. The molecule has 2 heterocycles. The third-order valence-electron chi connectivity index (χ3n) is 2.47. The molecule has 2 unspecified atom stereocenters. The van der Waals surface area contributed by atoms with E-state index >= 15 is 0 Å². The highest BCUT2D eigenvalue weighted by molar-refractivity contribution is 4.99. The Morgan fingerprint density at radius 2 is 1.62 bits per heavy atom. The Labute approximate surface area is 49.7 Å². The van der Waals surface area contributed by atoms with Crippen LogP contribution >= 0.6 is 0 Å². The lowest BCUT2D eigenvalue weighted by Gasteiger charge is -2.10. The predicted molar refractivity (Wildman–Crippen MR) is 32.7 cm³/mol. The van der Waals surface area contributed by atoms with Gasteiger partial charge in [-0.05, 0) is 5.92 Å². The average molecular weight is 112 g/mol. The van der Waals surface area contributed by atoms with Gasteiger partial charge in [-0.1, -0.05) is 6.92 Å². The van der Waals surface area contributed by atoms with Gasteiger partial charge in [0.2, 0.25) is 0 Å². The van der Waals surface area contributed by atoms with Gasteiger partial charge < -0.3 is 10.6 Å². The van der Waals surface area contributed by atoms with E-state index in [-0.39, 0.29) is 0 Å². The van der Waals surface area contributed by atoms with Crippen LogP contribution in [0.4, 0.5) is 0 Å². The lowest BCUT2D eigenvalue weighted by Crippen LogP contribution is -2.39. The molecule has 0 spiro atoms. The largest absolute Gasteiger partial charge is 0.311 e. The van der Waals surface area contributed by atoms with Gasteiger partial charge >= 0.3 is 0 Å². The summed E-state index contributed by atoms with van der Waals surface area (Å²) in [5.41, 5.74) is 0. The molecule has 0 aliphatic carbocycles. The fourth-order valence-corrected chi connectivity index (χ4v) is 1.73. The highest BCUT2D eigenvalue weighted by Crippen LogP contribution is 2.20. The van der Waals surface area contributed by atoms with Crippen LogP contribution in [0.15, 0.2) is 0 Å². The maximum atomic E-state index is 3.44. The minimum absolute atomic E-state index is 0.778. The predicted octanol–water partition coefficient (Wildman–Crippen LogP) is -0.434. The van der Waals surface area contributed by atoms with E-state index in [2.05, 4.69) is 17.6 Å². The molecule has 2 nitrogen and oxygen atoms in total. The molecule has 0 radical (unpaired) electrons. The van der Waals surface area contributed by atoms with Crippen molar-refractivity contribution in [2.75, 3.05) is 13.1 Å². The van der Waals surface area contributed by atoms with Crippen molar-refractivity contribution >= 4 is 0 Å². The van der Waals surface area contributed by atoms with Crippen molar-refractivity contribution in [2.24, 2.45) is 5.92 Å². The van der Waals surface area contributed by atoms with Gasteiger partial charge in [-0.15, -0.1) is 0 Å². The van der Waals surface area contributed by atoms with Crippen LogP contribution in [-0.2, 0) is 0 Å². The van der Waals surface area contributed by atoms with Gasteiger partial charge in [-0.2, -0.15) is 0 Å². The zero-order valence-corrected chi connectivity index (χ0v) is 5.15. The lowest BCUT2D eigenvalue weighted by atomic mass is 10.1. The van der Waals surface area contributed by atoms with Crippen LogP contribution in [0, 0.1) is 5.92 Å². The summed E-state index contributed by atoms with van der Waals surface area (Å²) < 4.78 is 0. The van der Waals surface area contributed by atoms with E-state index in [4.69, 9.17) is 0 Å². The number of rotatable bonds is 0. The summed E-state index contributed by atoms with van der Waals surface area (Å²) in [6.07, 6.45) is 0. The first-order valence-electron chi connectivity index (χ1n) is 3.34. The smallest absolute Gasteiger partial charge is 0.0234 e. The Morgan fingerprint density at radius 3 is 1.75 bits per heavy atom. The second kappa shape index (κ2) is 1.45. The first-order chi connectivity index (χ1) is 3.88. The number of fused-ring (bicyclic) bond motifs is 2. The first kappa shape index (κ1) is 4.77. The lowest BCUT2D eigenvalue weighted by molar-refractivity contribution is 0.528. The molecule has 0 saturated carbocycles. The van der Waals surface area contributed by atoms with Crippen LogP contribution in [0.2, 0.25) is 0 Å². The molecule has 2 aliphatic rings. The Kier molecular flexibility index (Phi) is 0.866. The van der Waals surface area contributed by atoms with E-state index in [1.54, 1.807) is 0 Å². The van der Waals surface area contributed by atoms with E-state index in [0.717, 1.165) is 18.0 Å². The van der Waals surface area contributed by atoms with E-state index in [0.29, 0.717) is 0 Å². The second-order valence-corrected chi connectivity index (χ2v) is 2.89. The number of hydrogen-bond donors (Lipinski definition) is 2. The molecule has 2 rings (SSSR count). The van der Waals surface area contributed by atoms with Crippen LogP contribution < -0.4 is 10.6 Å². The van der Waals surface area contributed by atoms with Gasteiger partial charge in [0.1, 0.15) is 0 Å². The molecule has 2 fully saturated rings. The SMILES string of the molecule is CC1C2CNC1CN2. The molecule has 0 aromatic rings. The maximum Gasteiger partial charge on any atom is 0.0234 e. The minimum Gasteiger partial charge on any atom is -0.311 e. The van der Waals surface area contributed by atoms with Gasteiger partial charge in [-0.3, -0.25) is 0 Å². The van der Waals surface area contributed by atoms with Crippen LogP contribution in [0.25, 0.3) is 0 Å². The Hall–Kier alpha value is -0.0800. The van der Waals surface area contributed by atoms with Crippen LogP contribution in [0.3, 0.4) is 0 Å². The van der Waals surface area contributed by atoms with Gasteiger partial charge in [0.15, 0.2) is 0 Å². The molecule has 8 heavy (non-hydrogen) atoms. The molecule has 2 saturated heterocycles. The van der Waals surface area contributed by atoms with Crippen molar-refractivity contribution in [1.82, 2.24) is 10.6 Å². The van der Waals surface area contributed by atoms with Crippen molar-refractivity contribution in [3.8, 4) is 0 Å². The van der Waals surface area contributed by atoms with E-state index in [1.165, 1.54) is 13.1 Å². The van der Waals surface area contributed by atoms with Crippen molar-refractivity contribution in [1.29, 1.82) is 0 Å². The Balaban J connectivity index is 2.16. The standard InChI is InChI=1S/C6H12N2/c1-4-5-2-7-6(4)3-8-5/h4-8H,2-3H2,1H3. The average Bonchev–Trinajstić information content (AvgIpc) is 2.29. The van der Waals surface area contributed by atoms with E-state index in [1.807, 2.05) is 0 Å². The summed E-state index contributed by atoms with van der Waals surface area (Å²) >= 11 is 0.